The molecule has 0 aromatic heterocycles. The molecular formula is C12H11ClO. The van der Waals surface area contributed by atoms with Crippen LogP contribution in [0.1, 0.15) is 24.3 Å². The van der Waals surface area contributed by atoms with Crippen LogP contribution in [0, 0.1) is 0 Å². The van der Waals surface area contributed by atoms with E-state index in [1.807, 2.05) is 24.3 Å². The Morgan fingerprint density at radius 2 is 1.93 bits per heavy atom. The van der Waals surface area contributed by atoms with Crippen molar-refractivity contribution in [3.05, 3.63) is 47.0 Å². The third-order valence-electron chi connectivity index (χ3n) is 2.71. The van der Waals surface area contributed by atoms with Crippen molar-refractivity contribution < 1.29 is 4.79 Å². The van der Waals surface area contributed by atoms with Crippen molar-refractivity contribution in [1.29, 1.82) is 0 Å². The monoisotopic (exact) mass is 206 g/mol. The number of rotatable bonds is 1. The summed E-state index contributed by atoms with van der Waals surface area (Å²) >= 11 is 5.79. The van der Waals surface area contributed by atoms with Crippen LogP contribution in [-0.2, 0) is 4.79 Å². The maximum atomic E-state index is 11.3. The smallest absolute Gasteiger partial charge is 0.158 e. The molecule has 1 saturated carbocycles. The van der Waals surface area contributed by atoms with E-state index in [9.17, 15) is 4.79 Å². The molecule has 1 aromatic carbocycles. The van der Waals surface area contributed by atoms with Gasteiger partial charge in [0.15, 0.2) is 5.78 Å². The molecule has 0 radical (unpaired) electrons. The summed E-state index contributed by atoms with van der Waals surface area (Å²) in [4.78, 5) is 11.3. The Morgan fingerprint density at radius 3 is 2.43 bits per heavy atom. The largest absolute Gasteiger partial charge is 0.295 e. The van der Waals surface area contributed by atoms with E-state index in [0.717, 1.165) is 22.6 Å². The fraction of sp³-hybridized carbons (Fsp3) is 0.250. The quantitative estimate of drug-likeness (QED) is 0.644. The lowest BCUT2D eigenvalue weighted by Gasteiger charge is -2.09. The van der Waals surface area contributed by atoms with Crippen LogP contribution in [0.25, 0.3) is 0 Å². The number of ketones is 1. The van der Waals surface area contributed by atoms with E-state index >= 15 is 0 Å². The van der Waals surface area contributed by atoms with Crippen LogP contribution in [-0.4, -0.2) is 5.78 Å². The highest BCUT2D eigenvalue weighted by Gasteiger charge is 2.27. The first kappa shape index (κ1) is 9.47. The third-order valence-corrected chi connectivity index (χ3v) is 2.96. The average molecular weight is 207 g/mol. The maximum Gasteiger partial charge on any atom is 0.158 e. The molecule has 0 aliphatic heterocycles. The molecule has 0 amide bonds. The van der Waals surface area contributed by atoms with Crippen molar-refractivity contribution in [2.24, 2.45) is 0 Å². The summed E-state index contributed by atoms with van der Waals surface area (Å²) in [6.45, 7) is 3.83. The number of hydrogen-bond donors (Lipinski definition) is 0. The molecular weight excluding hydrogens is 196 g/mol. The Balaban J connectivity index is 2.28. The molecule has 1 aromatic rings. The maximum absolute atomic E-state index is 11.3. The minimum absolute atomic E-state index is 0.199. The van der Waals surface area contributed by atoms with Crippen LogP contribution in [0.3, 0.4) is 0 Å². The Kier molecular flexibility index (Phi) is 2.42. The first-order valence-electron chi connectivity index (χ1n) is 4.66. The van der Waals surface area contributed by atoms with E-state index in [-0.39, 0.29) is 11.7 Å². The fourth-order valence-electron chi connectivity index (χ4n) is 1.87. The molecule has 1 atom stereocenters. The molecule has 0 heterocycles. The summed E-state index contributed by atoms with van der Waals surface area (Å²) < 4.78 is 0. The van der Waals surface area contributed by atoms with Gasteiger partial charge in [0.2, 0.25) is 0 Å². The summed E-state index contributed by atoms with van der Waals surface area (Å²) in [5.74, 6) is 0.407. The summed E-state index contributed by atoms with van der Waals surface area (Å²) in [5, 5.41) is 0.726. The van der Waals surface area contributed by atoms with Crippen molar-refractivity contribution in [2.75, 3.05) is 0 Å². The molecule has 1 aliphatic carbocycles. The average Bonchev–Trinajstić information content (AvgIpc) is 2.50. The Hall–Kier alpha value is -1.08. The van der Waals surface area contributed by atoms with Crippen molar-refractivity contribution in [3.8, 4) is 0 Å². The van der Waals surface area contributed by atoms with Crippen molar-refractivity contribution in [3.63, 3.8) is 0 Å². The zero-order valence-electron chi connectivity index (χ0n) is 7.79. The number of halogens is 1. The molecule has 1 nitrogen and oxygen atoms in total. The lowest BCUT2D eigenvalue weighted by Crippen LogP contribution is -1.98. The molecule has 0 N–H and O–H groups in total. The van der Waals surface area contributed by atoms with Crippen LogP contribution >= 0.6 is 11.6 Å². The lowest BCUT2D eigenvalue weighted by molar-refractivity contribution is -0.114. The van der Waals surface area contributed by atoms with Crippen LogP contribution in [0.15, 0.2) is 36.4 Å². The van der Waals surface area contributed by atoms with E-state index < -0.39 is 0 Å². The molecule has 1 aliphatic rings. The standard InChI is InChI=1S/C12H11ClO/c1-8-11(6-7-12(8)14)9-2-4-10(13)5-3-9/h2-5,11H,1,6-7H2. The predicted molar refractivity (Wildman–Crippen MR) is 57.6 cm³/mol. The highest BCUT2D eigenvalue weighted by molar-refractivity contribution is 6.30. The summed E-state index contributed by atoms with van der Waals surface area (Å²) in [7, 11) is 0. The molecule has 72 valence electrons. The van der Waals surface area contributed by atoms with E-state index in [4.69, 9.17) is 11.6 Å². The first-order valence-corrected chi connectivity index (χ1v) is 5.04. The topological polar surface area (TPSA) is 17.1 Å². The van der Waals surface area contributed by atoms with Gasteiger partial charge in [0.25, 0.3) is 0 Å². The van der Waals surface area contributed by atoms with Gasteiger partial charge in [-0.25, -0.2) is 0 Å². The highest BCUT2D eigenvalue weighted by Crippen LogP contribution is 2.35. The second kappa shape index (κ2) is 3.58. The second-order valence-corrected chi connectivity index (χ2v) is 4.03. The van der Waals surface area contributed by atoms with E-state index in [1.165, 1.54) is 0 Å². The normalized spacial score (nSPS) is 21.6. The van der Waals surface area contributed by atoms with Gasteiger partial charge < -0.3 is 0 Å². The Bertz CT molecular complexity index is 378. The van der Waals surface area contributed by atoms with Gasteiger partial charge >= 0.3 is 0 Å². The zero-order chi connectivity index (χ0) is 10.1. The van der Waals surface area contributed by atoms with Gasteiger partial charge in [0.1, 0.15) is 0 Å². The van der Waals surface area contributed by atoms with Gasteiger partial charge in [-0.15, -0.1) is 0 Å². The first-order chi connectivity index (χ1) is 6.68. The Labute approximate surface area is 88.4 Å². The molecule has 1 fully saturated rings. The van der Waals surface area contributed by atoms with Crippen molar-refractivity contribution >= 4 is 17.4 Å². The predicted octanol–water partition coefficient (Wildman–Crippen LogP) is 3.34. The summed E-state index contributed by atoms with van der Waals surface area (Å²) in [6, 6.07) is 7.65. The van der Waals surface area contributed by atoms with Gasteiger partial charge in [0, 0.05) is 17.4 Å². The fourth-order valence-corrected chi connectivity index (χ4v) is 1.99. The number of carbonyl (C=O) groups is 1. The van der Waals surface area contributed by atoms with Crippen LogP contribution in [0.4, 0.5) is 0 Å². The van der Waals surface area contributed by atoms with E-state index in [2.05, 4.69) is 6.58 Å². The summed E-state index contributed by atoms with van der Waals surface area (Å²) in [6.07, 6.45) is 1.52. The molecule has 1 unspecified atom stereocenters. The SMILES string of the molecule is C=C1C(=O)CCC1c1ccc(Cl)cc1. The molecule has 0 bridgehead atoms. The van der Waals surface area contributed by atoms with Gasteiger partial charge in [-0.3, -0.25) is 4.79 Å². The number of benzene rings is 1. The number of Topliss-reactive ketones (excluding diaryl/α,β-unsaturated/α-hetero) is 1. The van der Waals surface area contributed by atoms with Crippen molar-refractivity contribution in [2.45, 2.75) is 18.8 Å². The minimum Gasteiger partial charge on any atom is -0.295 e. The van der Waals surface area contributed by atoms with Crippen LogP contribution in [0.2, 0.25) is 5.02 Å². The third kappa shape index (κ3) is 1.60. The molecule has 14 heavy (non-hydrogen) atoms. The van der Waals surface area contributed by atoms with E-state index in [1.54, 1.807) is 0 Å². The molecule has 0 spiro atoms. The van der Waals surface area contributed by atoms with Gasteiger partial charge in [-0.2, -0.15) is 0 Å². The van der Waals surface area contributed by atoms with Gasteiger partial charge in [-0.1, -0.05) is 30.3 Å². The number of allylic oxidation sites excluding steroid dienone is 1. The van der Waals surface area contributed by atoms with E-state index in [0.29, 0.717) is 6.42 Å². The zero-order valence-corrected chi connectivity index (χ0v) is 8.55. The van der Waals surface area contributed by atoms with Gasteiger partial charge in [-0.05, 0) is 29.7 Å². The minimum atomic E-state index is 0.199. The Morgan fingerprint density at radius 1 is 1.29 bits per heavy atom. The van der Waals surface area contributed by atoms with Crippen LogP contribution < -0.4 is 0 Å². The highest BCUT2D eigenvalue weighted by atomic mass is 35.5. The number of hydrogen-bond acceptors (Lipinski definition) is 1. The lowest BCUT2D eigenvalue weighted by atomic mass is 9.95. The molecule has 0 saturated heterocycles. The second-order valence-electron chi connectivity index (χ2n) is 3.59. The number of carbonyl (C=O) groups excluding carboxylic acids is 1. The van der Waals surface area contributed by atoms with Gasteiger partial charge in [0.05, 0.1) is 0 Å². The molecule has 2 rings (SSSR count). The molecule has 2 heteroatoms. The van der Waals surface area contributed by atoms with Crippen molar-refractivity contribution in [1.82, 2.24) is 0 Å². The summed E-state index contributed by atoms with van der Waals surface area (Å²) in [5.41, 5.74) is 1.89. The van der Waals surface area contributed by atoms with Crippen LogP contribution in [0.5, 0.6) is 0 Å².